The molecule has 0 bridgehead atoms. The number of carboxylic acids is 1. The van der Waals surface area contributed by atoms with E-state index in [0.717, 1.165) is 5.56 Å². The quantitative estimate of drug-likeness (QED) is 0.152. The van der Waals surface area contributed by atoms with Crippen LogP contribution in [0.2, 0.25) is 0 Å². The Balaban J connectivity index is 2.10. The highest BCUT2D eigenvalue weighted by molar-refractivity contribution is 5.93. The minimum absolute atomic E-state index is 0.0852. The van der Waals surface area contributed by atoms with Crippen molar-refractivity contribution in [3.05, 3.63) is 54.1 Å². The molecular weight excluding hydrogens is 454 g/mol. The number of aromatic nitrogens is 2. The van der Waals surface area contributed by atoms with Gasteiger partial charge in [-0.3, -0.25) is 19.2 Å². The van der Waals surface area contributed by atoms with Crippen LogP contribution in [0.15, 0.2) is 42.9 Å². The molecule has 0 saturated carbocycles. The second kappa shape index (κ2) is 14.5. The number of benzene rings is 1. The fraction of sp³-hybridized carbons (Fsp3) is 0.435. The van der Waals surface area contributed by atoms with Crippen molar-refractivity contribution in [3.63, 3.8) is 0 Å². The minimum Gasteiger partial charge on any atom is -0.480 e. The first-order valence-corrected chi connectivity index (χ1v) is 11.4. The van der Waals surface area contributed by atoms with Crippen LogP contribution in [-0.2, 0) is 32.0 Å². The Morgan fingerprint density at radius 1 is 0.971 bits per heavy atom. The topological polar surface area (TPSA) is 205 Å². The summed E-state index contributed by atoms with van der Waals surface area (Å²) in [5, 5.41) is 16.4. The summed E-state index contributed by atoms with van der Waals surface area (Å²) in [4.78, 5) is 56.1. The van der Waals surface area contributed by atoms with Crippen LogP contribution in [0.4, 0.5) is 0 Å². The number of nitrogens with one attached hydrogen (secondary N) is 4. The molecule has 12 heteroatoms. The van der Waals surface area contributed by atoms with Crippen molar-refractivity contribution >= 4 is 23.7 Å². The number of carboxylic acid groups (broad SMARTS) is 1. The molecule has 0 radical (unpaired) electrons. The first-order valence-electron chi connectivity index (χ1n) is 11.4. The third kappa shape index (κ3) is 9.94. The summed E-state index contributed by atoms with van der Waals surface area (Å²) in [6.07, 6.45) is 4.76. The standard InChI is InChI=1S/C23H33N7O5/c24-9-5-4-8-18(22(34)27-13-20(31)32)29-23(35)19(11-16-12-26-14-28-16)30-21(33)17(25)10-15-6-2-1-3-7-15/h1-3,6-7,12,14,17-19H,4-5,8-11,13,24-25H2,(H,26,28)(H,27,34)(H,29,35)(H,30,33)(H,31,32). The van der Waals surface area contributed by atoms with Crippen molar-refractivity contribution in [2.75, 3.05) is 13.1 Å². The van der Waals surface area contributed by atoms with Crippen molar-refractivity contribution in [3.8, 4) is 0 Å². The smallest absolute Gasteiger partial charge is 0.322 e. The highest BCUT2D eigenvalue weighted by Crippen LogP contribution is 2.06. The molecule has 2 aromatic rings. The van der Waals surface area contributed by atoms with Gasteiger partial charge in [-0.2, -0.15) is 0 Å². The number of unbranched alkanes of at least 4 members (excludes halogenated alkanes) is 1. The Morgan fingerprint density at radius 3 is 2.31 bits per heavy atom. The molecule has 3 atom stereocenters. The van der Waals surface area contributed by atoms with Gasteiger partial charge in [-0.05, 0) is 37.8 Å². The van der Waals surface area contributed by atoms with Gasteiger partial charge in [0.1, 0.15) is 18.6 Å². The molecule has 3 amide bonds. The second-order valence-corrected chi connectivity index (χ2v) is 8.10. The number of hydrogen-bond acceptors (Lipinski definition) is 7. The third-order valence-corrected chi connectivity index (χ3v) is 5.24. The van der Waals surface area contributed by atoms with Crippen LogP contribution in [0, 0.1) is 0 Å². The maximum absolute atomic E-state index is 13.1. The second-order valence-electron chi connectivity index (χ2n) is 8.10. The van der Waals surface area contributed by atoms with Crippen molar-refractivity contribution < 1.29 is 24.3 Å². The van der Waals surface area contributed by atoms with Gasteiger partial charge in [-0.15, -0.1) is 0 Å². The van der Waals surface area contributed by atoms with Crippen LogP contribution in [-0.4, -0.2) is 70.0 Å². The number of rotatable bonds is 15. The first-order chi connectivity index (χ1) is 16.8. The number of aromatic amines is 1. The van der Waals surface area contributed by atoms with E-state index in [2.05, 4.69) is 25.9 Å². The Bertz CT molecular complexity index is 952. The van der Waals surface area contributed by atoms with E-state index < -0.39 is 48.4 Å². The molecule has 9 N–H and O–H groups in total. The van der Waals surface area contributed by atoms with E-state index in [1.165, 1.54) is 12.5 Å². The van der Waals surface area contributed by atoms with Gasteiger partial charge in [0, 0.05) is 18.3 Å². The minimum atomic E-state index is -1.21. The number of carbonyl (C=O) groups is 4. The Labute approximate surface area is 203 Å². The fourth-order valence-corrected chi connectivity index (χ4v) is 3.38. The maximum atomic E-state index is 13.1. The van der Waals surface area contributed by atoms with Gasteiger partial charge >= 0.3 is 5.97 Å². The molecule has 1 aromatic heterocycles. The van der Waals surface area contributed by atoms with Gasteiger partial charge < -0.3 is 37.5 Å². The zero-order valence-electron chi connectivity index (χ0n) is 19.4. The van der Waals surface area contributed by atoms with Crippen molar-refractivity contribution in [1.82, 2.24) is 25.9 Å². The van der Waals surface area contributed by atoms with Crippen molar-refractivity contribution in [2.45, 2.75) is 50.2 Å². The van der Waals surface area contributed by atoms with Gasteiger partial charge in [-0.25, -0.2) is 4.98 Å². The number of nitrogens with two attached hydrogens (primary N) is 2. The molecule has 0 aliphatic carbocycles. The normalized spacial score (nSPS) is 13.3. The van der Waals surface area contributed by atoms with Crippen LogP contribution in [0.3, 0.4) is 0 Å². The monoisotopic (exact) mass is 487 g/mol. The van der Waals surface area contributed by atoms with E-state index in [4.69, 9.17) is 16.6 Å². The lowest BCUT2D eigenvalue weighted by Crippen LogP contribution is -2.57. The van der Waals surface area contributed by atoms with E-state index in [1.54, 1.807) is 0 Å². The molecule has 0 aliphatic rings. The van der Waals surface area contributed by atoms with Crippen LogP contribution in [0.1, 0.15) is 30.5 Å². The summed E-state index contributed by atoms with van der Waals surface area (Å²) in [5.41, 5.74) is 13.1. The van der Waals surface area contributed by atoms with Crippen LogP contribution in [0.25, 0.3) is 0 Å². The largest absolute Gasteiger partial charge is 0.480 e. The Morgan fingerprint density at radius 2 is 1.69 bits per heavy atom. The molecule has 0 aliphatic heterocycles. The van der Waals surface area contributed by atoms with Crippen LogP contribution >= 0.6 is 0 Å². The summed E-state index contributed by atoms with van der Waals surface area (Å²) in [7, 11) is 0. The molecule has 3 unspecified atom stereocenters. The SMILES string of the molecule is NCCCCC(NC(=O)C(Cc1cnc[nH]1)NC(=O)C(N)Cc1ccccc1)C(=O)NCC(=O)O. The van der Waals surface area contributed by atoms with Gasteiger partial charge in [0.2, 0.25) is 17.7 Å². The predicted molar refractivity (Wildman–Crippen MR) is 128 cm³/mol. The van der Waals surface area contributed by atoms with E-state index in [9.17, 15) is 19.2 Å². The summed E-state index contributed by atoms with van der Waals surface area (Å²) >= 11 is 0. The number of carbonyl (C=O) groups excluding carboxylic acids is 3. The summed E-state index contributed by atoms with van der Waals surface area (Å²) in [5.74, 6) is -2.97. The zero-order chi connectivity index (χ0) is 25.6. The molecule has 1 heterocycles. The molecule has 12 nitrogen and oxygen atoms in total. The predicted octanol–water partition coefficient (Wildman–Crippen LogP) is -1.18. The summed E-state index contributed by atoms with van der Waals surface area (Å²) < 4.78 is 0. The van der Waals surface area contributed by atoms with Gasteiger partial charge in [-0.1, -0.05) is 30.3 Å². The van der Waals surface area contributed by atoms with Crippen molar-refractivity contribution in [1.29, 1.82) is 0 Å². The molecule has 1 aromatic carbocycles. The van der Waals surface area contributed by atoms with Crippen molar-refractivity contribution in [2.24, 2.45) is 11.5 Å². The van der Waals surface area contributed by atoms with Crippen LogP contribution in [0.5, 0.6) is 0 Å². The molecule has 0 fully saturated rings. The highest BCUT2D eigenvalue weighted by atomic mass is 16.4. The average Bonchev–Trinajstić information content (AvgIpc) is 3.35. The fourth-order valence-electron chi connectivity index (χ4n) is 3.38. The lowest BCUT2D eigenvalue weighted by atomic mass is 10.0. The number of hydrogen-bond donors (Lipinski definition) is 7. The molecule has 0 spiro atoms. The molecular formula is C23H33N7O5. The van der Waals surface area contributed by atoms with Crippen LogP contribution < -0.4 is 27.4 Å². The third-order valence-electron chi connectivity index (χ3n) is 5.24. The van der Waals surface area contributed by atoms with Gasteiger partial charge in [0.25, 0.3) is 0 Å². The molecule has 2 rings (SSSR count). The first kappa shape index (κ1) is 27.5. The maximum Gasteiger partial charge on any atom is 0.322 e. The van der Waals surface area contributed by atoms with E-state index >= 15 is 0 Å². The van der Waals surface area contributed by atoms with E-state index in [-0.39, 0.29) is 19.3 Å². The Kier molecular flexibility index (Phi) is 11.4. The number of amides is 3. The molecule has 35 heavy (non-hydrogen) atoms. The highest BCUT2D eigenvalue weighted by Gasteiger charge is 2.28. The summed E-state index contributed by atoms with van der Waals surface area (Å²) in [6, 6.07) is 6.31. The number of nitrogens with zero attached hydrogens (tertiary/aromatic N) is 1. The number of H-pyrrole nitrogens is 1. The Hall–Kier alpha value is -3.77. The van der Waals surface area contributed by atoms with Gasteiger partial charge in [0.15, 0.2) is 0 Å². The zero-order valence-corrected chi connectivity index (χ0v) is 19.4. The van der Waals surface area contributed by atoms with E-state index in [0.29, 0.717) is 25.1 Å². The van der Waals surface area contributed by atoms with E-state index in [1.807, 2.05) is 30.3 Å². The number of imidazole rings is 1. The van der Waals surface area contributed by atoms with Gasteiger partial charge in [0.05, 0.1) is 12.4 Å². The lowest BCUT2D eigenvalue weighted by Gasteiger charge is -2.24. The average molecular weight is 488 g/mol. The lowest BCUT2D eigenvalue weighted by molar-refractivity contribution is -0.138. The summed E-state index contributed by atoms with van der Waals surface area (Å²) in [6.45, 7) is -0.167. The molecule has 190 valence electrons. The number of aliphatic carboxylic acids is 1. The molecule has 0 saturated heterocycles.